The highest BCUT2D eigenvalue weighted by atomic mass is 19.1. The molecule has 0 saturated heterocycles. The molecule has 6 heteroatoms. The predicted molar refractivity (Wildman–Crippen MR) is 64.3 cm³/mol. The number of amides is 1. The number of benzene rings is 1. The lowest BCUT2D eigenvalue weighted by Gasteiger charge is -2.14. The maximum Gasteiger partial charge on any atom is 0.326 e. The first-order chi connectivity index (χ1) is 8.97. The van der Waals surface area contributed by atoms with E-state index in [4.69, 9.17) is 10.2 Å². The number of phenols is 1. The van der Waals surface area contributed by atoms with Gasteiger partial charge in [0, 0.05) is 6.07 Å². The third-order valence-corrected chi connectivity index (χ3v) is 3.07. The van der Waals surface area contributed by atoms with E-state index in [9.17, 15) is 14.0 Å². The fourth-order valence-electron chi connectivity index (χ4n) is 1.83. The molecule has 1 atom stereocenters. The zero-order chi connectivity index (χ0) is 14.0. The zero-order valence-electron chi connectivity index (χ0n) is 10.1. The summed E-state index contributed by atoms with van der Waals surface area (Å²) < 4.78 is 13.5. The van der Waals surface area contributed by atoms with Gasteiger partial charge in [0.25, 0.3) is 5.91 Å². The topological polar surface area (TPSA) is 86.6 Å². The second-order valence-corrected chi connectivity index (χ2v) is 4.71. The van der Waals surface area contributed by atoms with Crippen molar-refractivity contribution in [2.24, 2.45) is 5.92 Å². The highest BCUT2D eigenvalue weighted by Gasteiger charge is 2.30. The lowest BCUT2D eigenvalue weighted by atomic mass is 10.1. The van der Waals surface area contributed by atoms with Crippen LogP contribution in [0.25, 0.3) is 0 Å². The number of aliphatic carboxylic acids is 1. The van der Waals surface area contributed by atoms with Crippen molar-refractivity contribution in [3.63, 3.8) is 0 Å². The Morgan fingerprint density at radius 1 is 1.42 bits per heavy atom. The molecule has 2 rings (SSSR count). The molecule has 3 N–H and O–H groups in total. The van der Waals surface area contributed by atoms with Crippen LogP contribution in [0.4, 0.5) is 4.39 Å². The van der Waals surface area contributed by atoms with Crippen molar-refractivity contribution < 1.29 is 24.2 Å². The first kappa shape index (κ1) is 13.3. The Hall–Kier alpha value is -2.11. The lowest BCUT2D eigenvalue weighted by molar-refractivity contribution is -0.139. The quantitative estimate of drug-likeness (QED) is 0.754. The smallest absolute Gasteiger partial charge is 0.326 e. The maximum atomic E-state index is 13.5. The first-order valence-corrected chi connectivity index (χ1v) is 5.99. The van der Waals surface area contributed by atoms with E-state index in [1.807, 2.05) is 0 Å². The highest BCUT2D eigenvalue weighted by molar-refractivity contribution is 5.96. The van der Waals surface area contributed by atoms with Crippen molar-refractivity contribution in [2.75, 3.05) is 0 Å². The number of phenolic OH excluding ortho intramolecular Hbond substituents is 1. The van der Waals surface area contributed by atoms with Gasteiger partial charge < -0.3 is 15.5 Å². The number of carboxylic acid groups (broad SMARTS) is 1. The van der Waals surface area contributed by atoms with Gasteiger partial charge in [0.2, 0.25) is 0 Å². The van der Waals surface area contributed by atoms with Crippen LogP contribution in [-0.2, 0) is 4.79 Å². The van der Waals surface area contributed by atoms with E-state index in [0.29, 0.717) is 12.3 Å². The zero-order valence-corrected chi connectivity index (χ0v) is 10.1. The molecule has 0 bridgehead atoms. The Morgan fingerprint density at radius 2 is 2.11 bits per heavy atom. The Labute approximate surface area is 109 Å². The van der Waals surface area contributed by atoms with Gasteiger partial charge in [0.05, 0.1) is 5.56 Å². The predicted octanol–water partition coefficient (Wildman–Crippen LogP) is 1.51. The van der Waals surface area contributed by atoms with Crippen molar-refractivity contribution in [3.8, 4) is 5.75 Å². The molecule has 0 radical (unpaired) electrons. The number of halogens is 1. The summed E-state index contributed by atoms with van der Waals surface area (Å²) in [6.07, 6.45) is 2.29. The number of nitrogens with one attached hydrogen (secondary N) is 1. The van der Waals surface area contributed by atoms with Crippen LogP contribution < -0.4 is 5.32 Å². The van der Waals surface area contributed by atoms with Gasteiger partial charge in [-0.25, -0.2) is 9.18 Å². The highest BCUT2D eigenvalue weighted by Crippen LogP contribution is 2.33. The van der Waals surface area contributed by atoms with Crippen LogP contribution in [0, 0.1) is 11.7 Å². The Morgan fingerprint density at radius 3 is 2.63 bits per heavy atom. The molecule has 0 aromatic heterocycles. The molecule has 0 spiro atoms. The molecule has 19 heavy (non-hydrogen) atoms. The molecule has 1 fully saturated rings. The molecule has 1 aliphatic carbocycles. The molecule has 102 valence electrons. The van der Waals surface area contributed by atoms with Crippen LogP contribution >= 0.6 is 0 Å². The van der Waals surface area contributed by atoms with Crippen LogP contribution in [0.5, 0.6) is 5.75 Å². The molecule has 1 amide bonds. The van der Waals surface area contributed by atoms with Gasteiger partial charge >= 0.3 is 5.97 Å². The number of rotatable bonds is 5. The molecular formula is C13H14FNO4. The standard InChI is InChI=1S/C13H14FNO4/c14-10-6-8(16)3-4-9(10)12(17)15-11(13(18)19)5-7-1-2-7/h3-4,6-7,11,16H,1-2,5H2,(H,15,17)(H,18,19). The summed E-state index contributed by atoms with van der Waals surface area (Å²) in [5.74, 6) is -2.76. The number of aromatic hydroxyl groups is 1. The van der Waals surface area contributed by atoms with Crippen molar-refractivity contribution in [2.45, 2.75) is 25.3 Å². The average molecular weight is 267 g/mol. The Kier molecular flexibility index (Phi) is 3.69. The van der Waals surface area contributed by atoms with E-state index in [0.717, 1.165) is 25.0 Å². The minimum atomic E-state index is -1.13. The van der Waals surface area contributed by atoms with Crippen molar-refractivity contribution in [1.29, 1.82) is 0 Å². The SMILES string of the molecule is O=C(NC(CC1CC1)C(=O)O)c1ccc(O)cc1F. The summed E-state index contributed by atoms with van der Waals surface area (Å²) >= 11 is 0. The third-order valence-electron chi connectivity index (χ3n) is 3.07. The lowest BCUT2D eigenvalue weighted by Crippen LogP contribution is -2.41. The molecule has 0 heterocycles. The minimum Gasteiger partial charge on any atom is -0.508 e. The van der Waals surface area contributed by atoms with Crippen LogP contribution in [0.3, 0.4) is 0 Å². The van der Waals surface area contributed by atoms with Crippen molar-refractivity contribution in [1.82, 2.24) is 5.32 Å². The first-order valence-electron chi connectivity index (χ1n) is 5.99. The van der Waals surface area contributed by atoms with Gasteiger partial charge in [-0.2, -0.15) is 0 Å². The molecule has 5 nitrogen and oxygen atoms in total. The Balaban J connectivity index is 2.07. The monoisotopic (exact) mass is 267 g/mol. The largest absolute Gasteiger partial charge is 0.508 e. The fraction of sp³-hybridized carbons (Fsp3) is 0.385. The summed E-state index contributed by atoms with van der Waals surface area (Å²) in [6, 6.07) is 2.10. The van der Waals surface area contributed by atoms with E-state index in [1.54, 1.807) is 0 Å². The second kappa shape index (κ2) is 5.26. The summed E-state index contributed by atoms with van der Waals surface area (Å²) in [5.41, 5.74) is -0.278. The summed E-state index contributed by atoms with van der Waals surface area (Å²) in [4.78, 5) is 22.8. The van der Waals surface area contributed by atoms with Gasteiger partial charge in [-0.15, -0.1) is 0 Å². The van der Waals surface area contributed by atoms with E-state index in [-0.39, 0.29) is 11.3 Å². The molecule has 0 aliphatic heterocycles. The number of carbonyl (C=O) groups excluding carboxylic acids is 1. The van der Waals surface area contributed by atoms with Gasteiger partial charge in [-0.3, -0.25) is 4.79 Å². The van der Waals surface area contributed by atoms with Crippen molar-refractivity contribution >= 4 is 11.9 Å². The van der Waals surface area contributed by atoms with E-state index < -0.39 is 23.7 Å². The Bertz CT molecular complexity index is 513. The third kappa shape index (κ3) is 3.43. The van der Waals surface area contributed by atoms with Crippen LogP contribution in [0.2, 0.25) is 0 Å². The molecule has 1 unspecified atom stereocenters. The van der Waals surface area contributed by atoms with Crippen LogP contribution in [0.15, 0.2) is 18.2 Å². The fourth-order valence-corrected chi connectivity index (χ4v) is 1.83. The molecule has 1 saturated carbocycles. The second-order valence-electron chi connectivity index (χ2n) is 4.71. The summed E-state index contributed by atoms with van der Waals surface area (Å²) in [6.45, 7) is 0. The van der Waals surface area contributed by atoms with Crippen molar-refractivity contribution in [3.05, 3.63) is 29.6 Å². The van der Waals surface area contributed by atoms with Gasteiger partial charge in [0.15, 0.2) is 0 Å². The summed E-state index contributed by atoms with van der Waals surface area (Å²) in [5, 5.41) is 20.4. The maximum absolute atomic E-state index is 13.5. The molecule has 1 aromatic carbocycles. The average Bonchev–Trinajstić information content (AvgIpc) is 3.11. The van der Waals surface area contributed by atoms with Crippen LogP contribution in [0.1, 0.15) is 29.6 Å². The van der Waals surface area contributed by atoms with Crippen LogP contribution in [-0.4, -0.2) is 28.1 Å². The number of hydrogen-bond donors (Lipinski definition) is 3. The van der Waals surface area contributed by atoms with Gasteiger partial charge in [-0.1, -0.05) is 12.8 Å². The van der Waals surface area contributed by atoms with Gasteiger partial charge in [0.1, 0.15) is 17.6 Å². The summed E-state index contributed by atoms with van der Waals surface area (Å²) in [7, 11) is 0. The minimum absolute atomic E-state index is 0.278. The van der Waals surface area contributed by atoms with Gasteiger partial charge in [-0.05, 0) is 24.5 Å². The number of hydrogen-bond acceptors (Lipinski definition) is 3. The van der Waals surface area contributed by atoms with E-state index >= 15 is 0 Å². The van der Waals surface area contributed by atoms with E-state index in [2.05, 4.69) is 5.32 Å². The molecular weight excluding hydrogens is 253 g/mol. The number of carboxylic acids is 1. The van der Waals surface area contributed by atoms with E-state index in [1.165, 1.54) is 6.07 Å². The molecule has 1 aliphatic rings. The number of carbonyl (C=O) groups is 2. The normalized spacial score (nSPS) is 15.8. The molecule has 1 aromatic rings.